The number of nitrogens with one attached hydrogen (secondary N) is 1. The van der Waals surface area contributed by atoms with Crippen LogP contribution in [-0.2, 0) is 19.6 Å². The van der Waals surface area contributed by atoms with Gasteiger partial charge in [-0.15, -0.1) is 0 Å². The lowest BCUT2D eigenvalue weighted by molar-refractivity contribution is -0.144. The number of carbonyl (C=O) groups is 2. The molecule has 0 radical (unpaired) electrons. The molecule has 144 valence electrons. The molecule has 0 spiro atoms. The molecule has 1 aromatic rings. The Bertz CT molecular complexity index is 747. The van der Waals surface area contributed by atoms with E-state index >= 15 is 0 Å². The number of rotatable bonds is 7. The largest absolute Gasteiger partial charge is 0.481 e. The summed E-state index contributed by atoms with van der Waals surface area (Å²) in [6.07, 6.45) is 1.17. The van der Waals surface area contributed by atoms with E-state index in [4.69, 9.17) is 4.74 Å². The number of nitrogens with zero attached hydrogens (tertiary/aromatic N) is 1. The summed E-state index contributed by atoms with van der Waals surface area (Å²) in [6.45, 7) is 2.63. The van der Waals surface area contributed by atoms with E-state index in [1.807, 2.05) is 0 Å². The zero-order valence-corrected chi connectivity index (χ0v) is 15.7. The quantitative estimate of drug-likeness (QED) is 0.677. The van der Waals surface area contributed by atoms with Gasteiger partial charge in [0.05, 0.1) is 17.4 Å². The zero-order chi connectivity index (χ0) is 19.3. The molecule has 0 unspecified atom stereocenters. The molecule has 1 amide bonds. The number of methoxy groups -OCH3 is 1. The molecule has 26 heavy (non-hydrogen) atoms. The summed E-state index contributed by atoms with van der Waals surface area (Å²) in [5.41, 5.74) is 0.332. The van der Waals surface area contributed by atoms with E-state index in [0.29, 0.717) is 24.9 Å². The summed E-state index contributed by atoms with van der Waals surface area (Å²) >= 11 is 0. The fraction of sp³-hybridized carbons (Fsp3) is 0.529. The molecule has 2 rings (SSSR count). The van der Waals surface area contributed by atoms with Crippen LogP contribution in [0.15, 0.2) is 29.2 Å². The monoisotopic (exact) mass is 384 g/mol. The molecule has 0 aliphatic carbocycles. The Morgan fingerprint density at radius 1 is 1.31 bits per heavy atom. The van der Waals surface area contributed by atoms with Gasteiger partial charge in [-0.3, -0.25) is 9.59 Å². The van der Waals surface area contributed by atoms with E-state index in [1.54, 1.807) is 11.8 Å². The molecule has 2 atom stereocenters. The second-order valence-electron chi connectivity index (χ2n) is 6.24. The number of benzene rings is 1. The summed E-state index contributed by atoms with van der Waals surface area (Å²) in [7, 11) is -2.19. The second-order valence-corrected chi connectivity index (χ2v) is 8.01. The Balaban J connectivity index is 2.12. The maximum absolute atomic E-state index is 12.7. The number of carbonyl (C=O) groups excluding carboxylic acids is 1. The van der Waals surface area contributed by atoms with E-state index in [2.05, 4.69) is 4.72 Å². The third-order valence-corrected chi connectivity index (χ3v) is 6.05. The molecule has 0 aromatic heterocycles. The Morgan fingerprint density at radius 3 is 2.54 bits per heavy atom. The predicted molar refractivity (Wildman–Crippen MR) is 94.4 cm³/mol. The number of amides is 1. The Kier molecular flexibility index (Phi) is 6.74. The van der Waals surface area contributed by atoms with Gasteiger partial charge in [0.1, 0.15) is 0 Å². The standard InChI is InChI=1S/C17H24N2O6S/c1-12-15(17(21)22)4-3-10-19(12)16(20)13-5-7-14(8-6-13)26(23,24)18-9-11-25-2/h5-8,12,15,18H,3-4,9-11H2,1-2H3,(H,21,22)/t12-,15-/m0/s1. The molecule has 1 aliphatic rings. The summed E-state index contributed by atoms with van der Waals surface area (Å²) in [5, 5.41) is 9.27. The number of ether oxygens (including phenoxy) is 1. The average Bonchev–Trinajstić information content (AvgIpc) is 2.61. The molecule has 1 aliphatic heterocycles. The molecule has 8 nitrogen and oxygen atoms in total. The van der Waals surface area contributed by atoms with Gasteiger partial charge >= 0.3 is 5.97 Å². The van der Waals surface area contributed by atoms with E-state index in [0.717, 1.165) is 0 Å². The first-order valence-corrected chi connectivity index (χ1v) is 9.88. The molecule has 1 fully saturated rings. The van der Waals surface area contributed by atoms with Gasteiger partial charge in [-0.2, -0.15) is 0 Å². The lowest BCUT2D eigenvalue weighted by Crippen LogP contribution is -2.49. The van der Waals surface area contributed by atoms with E-state index in [9.17, 15) is 23.1 Å². The highest BCUT2D eigenvalue weighted by Crippen LogP contribution is 2.25. The maximum atomic E-state index is 12.7. The minimum atomic E-state index is -3.66. The maximum Gasteiger partial charge on any atom is 0.308 e. The van der Waals surface area contributed by atoms with Crippen LogP contribution in [-0.4, -0.2) is 63.1 Å². The van der Waals surface area contributed by atoms with Crippen molar-refractivity contribution in [2.75, 3.05) is 26.8 Å². The summed E-state index contributed by atoms with van der Waals surface area (Å²) in [6, 6.07) is 5.22. The fourth-order valence-corrected chi connectivity index (χ4v) is 4.08. The van der Waals surface area contributed by atoms with Gasteiger partial charge in [0.15, 0.2) is 0 Å². The average molecular weight is 384 g/mol. The molecule has 9 heteroatoms. The van der Waals surface area contributed by atoms with Crippen LogP contribution in [0.2, 0.25) is 0 Å². The van der Waals surface area contributed by atoms with Gasteiger partial charge in [0, 0.05) is 31.8 Å². The van der Waals surface area contributed by atoms with E-state index in [-0.39, 0.29) is 24.0 Å². The SMILES string of the molecule is COCCNS(=O)(=O)c1ccc(C(=O)N2CCC[C@H](C(=O)O)[C@@H]2C)cc1. The Morgan fingerprint density at radius 2 is 1.96 bits per heavy atom. The van der Waals surface area contributed by atoms with Crippen molar-refractivity contribution < 1.29 is 27.9 Å². The van der Waals surface area contributed by atoms with Crippen LogP contribution in [0.5, 0.6) is 0 Å². The molecular formula is C17H24N2O6S. The highest BCUT2D eigenvalue weighted by Gasteiger charge is 2.35. The Labute approximate surface area is 153 Å². The van der Waals surface area contributed by atoms with E-state index < -0.39 is 28.0 Å². The van der Waals surface area contributed by atoms with Crippen molar-refractivity contribution in [1.29, 1.82) is 0 Å². The molecule has 0 bridgehead atoms. The van der Waals surface area contributed by atoms with Crippen LogP contribution in [0.25, 0.3) is 0 Å². The molecule has 2 N–H and O–H groups in total. The normalized spacial score (nSPS) is 20.8. The minimum absolute atomic E-state index is 0.0558. The first-order valence-electron chi connectivity index (χ1n) is 8.40. The summed E-state index contributed by atoms with van der Waals surface area (Å²) in [5.74, 6) is -1.78. The van der Waals surface area contributed by atoms with Crippen LogP contribution >= 0.6 is 0 Å². The lowest BCUT2D eigenvalue weighted by Gasteiger charge is -2.37. The van der Waals surface area contributed by atoms with Gasteiger partial charge in [0.2, 0.25) is 10.0 Å². The van der Waals surface area contributed by atoms with Crippen molar-refractivity contribution in [2.24, 2.45) is 5.92 Å². The zero-order valence-electron chi connectivity index (χ0n) is 14.8. The summed E-state index contributed by atoms with van der Waals surface area (Å²) in [4.78, 5) is 25.6. The lowest BCUT2D eigenvalue weighted by atomic mass is 9.90. The number of likely N-dealkylation sites (tertiary alicyclic amines) is 1. The fourth-order valence-electron chi connectivity index (χ4n) is 3.06. The van der Waals surface area contributed by atoms with Crippen molar-refractivity contribution >= 4 is 21.9 Å². The van der Waals surface area contributed by atoms with Crippen LogP contribution in [0.1, 0.15) is 30.1 Å². The van der Waals surface area contributed by atoms with Gasteiger partial charge in [-0.25, -0.2) is 13.1 Å². The molecule has 0 saturated carbocycles. The predicted octanol–water partition coefficient (Wildman–Crippen LogP) is 0.937. The van der Waals surface area contributed by atoms with Crippen LogP contribution in [0.3, 0.4) is 0 Å². The van der Waals surface area contributed by atoms with Crippen molar-refractivity contribution in [2.45, 2.75) is 30.7 Å². The van der Waals surface area contributed by atoms with Crippen LogP contribution in [0.4, 0.5) is 0 Å². The topological polar surface area (TPSA) is 113 Å². The van der Waals surface area contributed by atoms with Gasteiger partial charge < -0.3 is 14.7 Å². The van der Waals surface area contributed by atoms with Gasteiger partial charge in [0.25, 0.3) is 5.91 Å². The minimum Gasteiger partial charge on any atom is -0.481 e. The first kappa shape index (κ1) is 20.3. The highest BCUT2D eigenvalue weighted by molar-refractivity contribution is 7.89. The number of carboxylic acids is 1. The van der Waals surface area contributed by atoms with Crippen molar-refractivity contribution in [3.63, 3.8) is 0 Å². The molecule has 1 saturated heterocycles. The van der Waals surface area contributed by atoms with Crippen molar-refractivity contribution in [3.05, 3.63) is 29.8 Å². The molecule has 1 heterocycles. The number of carboxylic acid groups (broad SMARTS) is 1. The third-order valence-electron chi connectivity index (χ3n) is 4.58. The molecule has 1 aromatic carbocycles. The van der Waals surface area contributed by atoms with Crippen molar-refractivity contribution in [3.8, 4) is 0 Å². The molecular weight excluding hydrogens is 360 g/mol. The van der Waals surface area contributed by atoms with E-state index in [1.165, 1.54) is 31.4 Å². The third kappa shape index (κ3) is 4.60. The number of piperidine rings is 1. The first-order chi connectivity index (χ1) is 12.3. The summed E-state index contributed by atoms with van der Waals surface area (Å²) < 4.78 is 31.5. The van der Waals surface area contributed by atoms with Crippen LogP contribution < -0.4 is 4.72 Å². The number of sulfonamides is 1. The number of hydrogen-bond acceptors (Lipinski definition) is 5. The van der Waals surface area contributed by atoms with Crippen LogP contribution in [0, 0.1) is 5.92 Å². The number of hydrogen-bond donors (Lipinski definition) is 2. The van der Waals surface area contributed by atoms with Gasteiger partial charge in [-0.05, 0) is 44.0 Å². The van der Waals surface area contributed by atoms with Crippen molar-refractivity contribution in [1.82, 2.24) is 9.62 Å². The Hall–Kier alpha value is -1.97. The second kappa shape index (κ2) is 8.61. The number of aliphatic carboxylic acids is 1. The smallest absolute Gasteiger partial charge is 0.308 e. The highest BCUT2D eigenvalue weighted by atomic mass is 32.2. The van der Waals surface area contributed by atoms with Gasteiger partial charge in [-0.1, -0.05) is 0 Å².